The van der Waals surface area contributed by atoms with E-state index in [2.05, 4.69) is 49.4 Å². The topological polar surface area (TPSA) is 38.1 Å². The lowest BCUT2D eigenvalue weighted by molar-refractivity contribution is 0.0801. The number of nitrogens with zero attached hydrogens (tertiary/aromatic N) is 3. The molecule has 0 bridgehead atoms. The first-order valence-electron chi connectivity index (χ1n) is 8.80. The number of carbonyl (C=O) groups excluding carboxylic acids is 1. The van der Waals surface area contributed by atoms with Crippen LogP contribution in [0.15, 0.2) is 36.5 Å². The van der Waals surface area contributed by atoms with Crippen LogP contribution in [0.1, 0.15) is 37.2 Å². The molecule has 0 atom stereocenters. The number of pyridine rings is 1. The number of likely N-dealkylation sites (N-methyl/N-ethyl adjacent to an activating group) is 1. The zero-order valence-corrected chi connectivity index (χ0v) is 16.9. The molecule has 3 aromatic heterocycles. The first-order chi connectivity index (χ1) is 12.4. The predicted octanol–water partition coefficient (Wildman–Crippen LogP) is 4.48. The lowest BCUT2D eigenvalue weighted by Crippen LogP contribution is -2.29. The van der Waals surface area contributed by atoms with Crippen LogP contribution in [0.5, 0.6) is 0 Å². The molecule has 26 heavy (non-hydrogen) atoms. The van der Waals surface area contributed by atoms with Crippen LogP contribution in [0, 0.1) is 27.7 Å². The molecule has 0 saturated heterocycles. The summed E-state index contributed by atoms with van der Waals surface area (Å²) in [6, 6.07) is 10.1. The Morgan fingerprint density at radius 3 is 2.42 bits per heavy atom. The summed E-state index contributed by atoms with van der Waals surface area (Å²) in [5.74, 6) is 0.0737. The molecule has 0 unspecified atom stereocenters. The van der Waals surface area contributed by atoms with Crippen molar-refractivity contribution < 1.29 is 4.79 Å². The molecule has 0 aliphatic carbocycles. The van der Waals surface area contributed by atoms with E-state index in [9.17, 15) is 4.79 Å². The fraction of sp³-hybridized carbons (Fsp3) is 0.333. The highest BCUT2D eigenvalue weighted by Gasteiger charge is 2.24. The molecule has 0 radical (unpaired) electrons. The van der Waals surface area contributed by atoms with E-state index in [1.807, 2.05) is 25.2 Å². The molecule has 0 fully saturated rings. The molecule has 0 aliphatic rings. The van der Waals surface area contributed by atoms with Crippen LogP contribution in [0.25, 0.3) is 5.69 Å². The smallest absolute Gasteiger partial charge is 0.265 e. The van der Waals surface area contributed by atoms with Crippen molar-refractivity contribution in [1.29, 1.82) is 0 Å². The normalized spacial score (nSPS) is 11.0. The maximum absolute atomic E-state index is 13.2. The zero-order valence-electron chi connectivity index (χ0n) is 16.0. The first kappa shape index (κ1) is 18.4. The van der Waals surface area contributed by atoms with Crippen LogP contribution in [-0.4, -0.2) is 34.0 Å². The quantitative estimate of drug-likeness (QED) is 0.667. The van der Waals surface area contributed by atoms with Crippen molar-refractivity contribution >= 4 is 17.2 Å². The van der Waals surface area contributed by atoms with Gasteiger partial charge in [0.25, 0.3) is 5.91 Å². The van der Waals surface area contributed by atoms with Gasteiger partial charge in [0.1, 0.15) is 4.88 Å². The fourth-order valence-electron chi connectivity index (χ4n) is 3.15. The highest BCUT2D eigenvalue weighted by molar-refractivity contribution is 7.14. The van der Waals surface area contributed by atoms with E-state index in [-0.39, 0.29) is 5.91 Å². The summed E-state index contributed by atoms with van der Waals surface area (Å²) in [6.07, 6.45) is 2.54. The van der Waals surface area contributed by atoms with Crippen molar-refractivity contribution in [3.63, 3.8) is 0 Å². The number of aromatic nitrogens is 2. The van der Waals surface area contributed by atoms with Gasteiger partial charge in [-0.3, -0.25) is 9.78 Å². The van der Waals surface area contributed by atoms with E-state index in [1.54, 1.807) is 22.4 Å². The molecule has 3 aromatic rings. The summed E-state index contributed by atoms with van der Waals surface area (Å²) in [5.41, 5.74) is 5.51. The van der Waals surface area contributed by atoms with E-state index in [1.165, 1.54) is 10.4 Å². The van der Waals surface area contributed by atoms with Crippen LogP contribution < -0.4 is 0 Å². The van der Waals surface area contributed by atoms with E-state index in [0.29, 0.717) is 6.54 Å². The summed E-state index contributed by atoms with van der Waals surface area (Å²) in [4.78, 5) is 21.3. The van der Waals surface area contributed by atoms with Crippen molar-refractivity contribution in [3.05, 3.63) is 68.9 Å². The van der Waals surface area contributed by atoms with Gasteiger partial charge in [-0.05, 0) is 57.5 Å². The number of amides is 1. The molecule has 0 aromatic carbocycles. The molecule has 136 valence electrons. The summed E-state index contributed by atoms with van der Waals surface area (Å²) >= 11 is 1.59. The molecule has 5 heteroatoms. The molecule has 0 spiro atoms. The van der Waals surface area contributed by atoms with Crippen molar-refractivity contribution in [2.24, 2.45) is 0 Å². The Hall–Kier alpha value is -2.40. The second kappa shape index (κ2) is 7.46. The lowest BCUT2D eigenvalue weighted by Gasteiger charge is -2.18. The van der Waals surface area contributed by atoms with Gasteiger partial charge in [-0.25, -0.2) is 0 Å². The Labute approximate surface area is 159 Å². The SMILES string of the molecule is Cc1sc(C(=O)N(C)CCc2ccccn2)c(-n2c(C)ccc2C)c1C. The summed E-state index contributed by atoms with van der Waals surface area (Å²) in [6.45, 7) is 9.00. The van der Waals surface area contributed by atoms with Crippen LogP contribution in [0.2, 0.25) is 0 Å². The van der Waals surface area contributed by atoms with Crippen LogP contribution >= 0.6 is 11.3 Å². The standard InChI is InChI=1S/C21H25N3OS/c1-14-9-10-15(2)24(14)19-16(3)17(4)26-20(19)21(25)23(5)13-11-18-8-6-7-12-22-18/h6-10,12H,11,13H2,1-5H3. The van der Waals surface area contributed by atoms with Gasteiger partial charge in [-0.15, -0.1) is 11.3 Å². The van der Waals surface area contributed by atoms with Gasteiger partial charge < -0.3 is 9.47 Å². The molecule has 3 heterocycles. The van der Waals surface area contributed by atoms with Gasteiger partial charge in [-0.1, -0.05) is 6.07 Å². The molecule has 4 nitrogen and oxygen atoms in total. The zero-order chi connectivity index (χ0) is 18.8. The predicted molar refractivity (Wildman–Crippen MR) is 107 cm³/mol. The highest BCUT2D eigenvalue weighted by Crippen LogP contribution is 2.33. The third kappa shape index (κ3) is 3.44. The average Bonchev–Trinajstić information content (AvgIpc) is 3.12. The highest BCUT2D eigenvalue weighted by atomic mass is 32.1. The minimum absolute atomic E-state index is 0.0737. The van der Waals surface area contributed by atoms with Crippen molar-refractivity contribution in [3.8, 4) is 5.69 Å². The minimum Gasteiger partial charge on any atom is -0.341 e. The monoisotopic (exact) mass is 367 g/mol. The molecule has 0 saturated carbocycles. The molecule has 0 N–H and O–H groups in total. The van der Waals surface area contributed by atoms with Gasteiger partial charge in [0.2, 0.25) is 0 Å². The van der Waals surface area contributed by atoms with Crippen LogP contribution in [-0.2, 0) is 6.42 Å². The second-order valence-electron chi connectivity index (χ2n) is 6.71. The largest absolute Gasteiger partial charge is 0.341 e. The number of carbonyl (C=O) groups is 1. The maximum atomic E-state index is 13.2. The van der Waals surface area contributed by atoms with Gasteiger partial charge in [-0.2, -0.15) is 0 Å². The van der Waals surface area contributed by atoms with E-state index in [4.69, 9.17) is 0 Å². The molecule has 0 aliphatic heterocycles. The van der Waals surface area contributed by atoms with Crippen molar-refractivity contribution in [1.82, 2.24) is 14.5 Å². The average molecular weight is 368 g/mol. The molecular formula is C21H25N3OS. The Kier molecular flexibility index (Phi) is 5.28. The third-order valence-electron chi connectivity index (χ3n) is 4.82. The molecule has 3 rings (SSSR count). The van der Waals surface area contributed by atoms with Gasteiger partial charge in [0, 0.05) is 48.2 Å². The Bertz CT molecular complexity index is 905. The number of aryl methyl sites for hydroxylation is 3. The van der Waals surface area contributed by atoms with Gasteiger partial charge in [0.05, 0.1) is 5.69 Å². The van der Waals surface area contributed by atoms with E-state index in [0.717, 1.165) is 34.1 Å². The van der Waals surface area contributed by atoms with Gasteiger partial charge >= 0.3 is 0 Å². The first-order valence-corrected chi connectivity index (χ1v) is 9.62. The van der Waals surface area contributed by atoms with Gasteiger partial charge in [0.15, 0.2) is 0 Å². The number of hydrogen-bond acceptors (Lipinski definition) is 3. The summed E-state index contributed by atoms with van der Waals surface area (Å²) in [7, 11) is 1.87. The summed E-state index contributed by atoms with van der Waals surface area (Å²) < 4.78 is 2.19. The van der Waals surface area contributed by atoms with E-state index >= 15 is 0 Å². The van der Waals surface area contributed by atoms with E-state index < -0.39 is 0 Å². The lowest BCUT2D eigenvalue weighted by atomic mass is 10.2. The van der Waals surface area contributed by atoms with Crippen molar-refractivity contribution in [2.75, 3.05) is 13.6 Å². The second-order valence-corrected chi connectivity index (χ2v) is 7.94. The van der Waals surface area contributed by atoms with Crippen molar-refractivity contribution in [2.45, 2.75) is 34.1 Å². The Morgan fingerprint density at radius 2 is 1.81 bits per heavy atom. The molecular weight excluding hydrogens is 342 g/mol. The number of hydrogen-bond donors (Lipinski definition) is 0. The van der Waals surface area contributed by atoms with Crippen LogP contribution in [0.3, 0.4) is 0 Å². The third-order valence-corrected chi connectivity index (χ3v) is 6.00. The maximum Gasteiger partial charge on any atom is 0.265 e. The van der Waals surface area contributed by atoms with Crippen LogP contribution in [0.4, 0.5) is 0 Å². The minimum atomic E-state index is 0.0737. The number of thiophene rings is 1. The number of rotatable bonds is 5. The summed E-state index contributed by atoms with van der Waals surface area (Å²) in [5, 5.41) is 0. The Balaban J connectivity index is 1.89. The molecule has 1 amide bonds. The fourth-order valence-corrected chi connectivity index (χ4v) is 4.29. The Morgan fingerprint density at radius 1 is 1.12 bits per heavy atom.